The Hall–Kier alpha value is -5.79. The molecule has 11 atom stereocenters. The van der Waals surface area contributed by atoms with Gasteiger partial charge in [-0.25, -0.2) is 9.59 Å². The summed E-state index contributed by atoms with van der Waals surface area (Å²) in [6.07, 6.45) is -10.6. The van der Waals surface area contributed by atoms with Gasteiger partial charge in [-0.2, -0.15) is 8.42 Å². The van der Waals surface area contributed by atoms with Gasteiger partial charge in [-0.15, -0.1) is 0 Å². The second-order valence-electron chi connectivity index (χ2n) is 18.1. The molecule has 66 heavy (non-hydrogen) atoms. The molecule has 3 aromatic rings. The Morgan fingerprint density at radius 3 is 1.94 bits per heavy atom. The fourth-order valence-corrected chi connectivity index (χ4v) is 11.2. The van der Waals surface area contributed by atoms with Crippen molar-refractivity contribution in [3.05, 3.63) is 119 Å². The molecule has 352 valence electrons. The number of benzene rings is 3. The van der Waals surface area contributed by atoms with E-state index in [0.717, 1.165) is 20.1 Å². The van der Waals surface area contributed by atoms with E-state index in [1.165, 1.54) is 39.8 Å². The minimum atomic E-state index is -4.40. The van der Waals surface area contributed by atoms with Crippen molar-refractivity contribution in [1.82, 2.24) is 5.32 Å². The van der Waals surface area contributed by atoms with Crippen LogP contribution < -0.4 is 5.32 Å². The predicted molar refractivity (Wildman–Crippen MR) is 231 cm³/mol. The minimum absolute atomic E-state index is 0.00725. The average molecular weight is 932 g/mol. The van der Waals surface area contributed by atoms with Gasteiger partial charge in [0.1, 0.15) is 23.9 Å². The number of ketones is 1. The van der Waals surface area contributed by atoms with Crippen molar-refractivity contribution in [2.45, 2.75) is 108 Å². The van der Waals surface area contributed by atoms with Crippen molar-refractivity contribution in [2.75, 3.05) is 12.9 Å². The van der Waals surface area contributed by atoms with Crippen molar-refractivity contribution in [3.8, 4) is 0 Å². The molecule has 1 amide bonds. The molecule has 4 aliphatic rings. The molecule has 0 radical (unpaired) electrons. The van der Waals surface area contributed by atoms with Gasteiger partial charge in [0.05, 0.1) is 41.9 Å². The first-order valence-corrected chi connectivity index (χ1v) is 23.2. The molecule has 3 N–H and O–H groups in total. The standard InChI is InChI=1S/C48H53NO16S/c1-26-32(62-44(56)37(52)36(29-17-11-8-12-18-29)49-42(54)30-19-13-9-14-20-30)24-48(57)41(63-43(55)31-21-15-10-16-22-31)39-46(6,40(53)38(61-27(2)50)35(26)45(48,4)5)33(65-66(7,58)59)23-34-47(39,25-60-34)64-28(3)51/h8-22,32-34,36-39,41,52,57H,23-25H2,1-7H3,(H,49,54)/t32-,33-,34+,36-,37+,38+,39?,41-,46+,47-,48+/m0/s1. The molecule has 3 aliphatic carbocycles. The smallest absolute Gasteiger partial charge is 0.338 e. The normalized spacial score (nSPS) is 30.9. The first kappa shape index (κ1) is 48.2. The van der Waals surface area contributed by atoms with Crippen molar-refractivity contribution >= 4 is 45.7 Å². The molecule has 3 fully saturated rings. The summed E-state index contributed by atoms with van der Waals surface area (Å²) >= 11 is 0. The van der Waals surface area contributed by atoms with Crippen molar-refractivity contribution in [2.24, 2.45) is 16.7 Å². The van der Waals surface area contributed by atoms with Crippen LogP contribution in [0.2, 0.25) is 0 Å². The van der Waals surface area contributed by atoms with Crippen LogP contribution in [0.15, 0.2) is 102 Å². The number of Topliss-reactive ketones (excluding diaryl/α,β-unsaturated/α-hetero) is 1. The molecule has 18 heteroatoms. The van der Waals surface area contributed by atoms with E-state index in [-0.39, 0.29) is 28.7 Å². The van der Waals surface area contributed by atoms with E-state index in [1.54, 1.807) is 78.9 Å². The first-order valence-electron chi connectivity index (χ1n) is 21.4. The minimum Gasteiger partial charge on any atom is -0.456 e. The molecule has 1 unspecified atom stereocenters. The summed E-state index contributed by atoms with van der Waals surface area (Å²) < 4.78 is 62.2. The van der Waals surface area contributed by atoms with Gasteiger partial charge < -0.3 is 39.2 Å². The number of aliphatic hydroxyl groups excluding tert-OH is 1. The van der Waals surface area contributed by atoms with Gasteiger partial charge in [0.15, 0.2) is 23.6 Å². The maximum absolute atomic E-state index is 15.9. The Labute approximate surface area is 381 Å². The summed E-state index contributed by atoms with van der Waals surface area (Å²) in [5, 5.41) is 28.4. The van der Waals surface area contributed by atoms with Crippen molar-refractivity contribution < 1.29 is 75.3 Å². The van der Waals surface area contributed by atoms with Crippen LogP contribution in [0.1, 0.15) is 86.7 Å². The van der Waals surface area contributed by atoms with Crippen molar-refractivity contribution in [3.63, 3.8) is 0 Å². The molecule has 17 nitrogen and oxygen atoms in total. The van der Waals surface area contributed by atoms with Crippen LogP contribution in [0.4, 0.5) is 0 Å². The summed E-state index contributed by atoms with van der Waals surface area (Å²) in [5.74, 6) is -7.41. The highest BCUT2D eigenvalue weighted by Crippen LogP contribution is 2.65. The molecule has 2 bridgehead atoms. The topological polar surface area (TPSA) is 244 Å². The van der Waals surface area contributed by atoms with Gasteiger partial charge in [-0.1, -0.05) is 80.6 Å². The summed E-state index contributed by atoms with van der Waals surface area (Å²) in [6.45, 7) is 7.56. The molecular formula is C48H53NO16S. The van der Waals surface area contributed by atoms with Gasteiger partial charge in [0.25, 0.3) is 16.0 Å². The highest BCUT2D eigenvalue weighted by molar-refractivity contribution is 7.86. The number of fused-ring (bicyclic) bond motifs is 5. The summed E-state index contributed by atoms with van der Waals surface area (Å²) in [7, 11) is -4.40. The fraction of sp³-hybridized carbons (Fsp3) is 0.458. The molecule has 1 heterocycles. The van der Waals surface area contributed by atoms with Gasteiger partial charge >= 0.3 is 23.9 Å². The number of amides is 1. The number of ether oxygens (including phenoxy) is 5. The lowest BCUT2D eigenvalue weighted by Crippen LogP contribution is -2.82. The number of esters is 4. The highest BCUT2D eigenvalue weighted by atomic mass is 32.2. The second-order valence-corrected chi connectivity index (χ2v) is 19.7. The number of carbonyl (C=O) groups excluding carboxylic acids is 6. The molecule has 7 rings (SSSR count). The quantitative estimate of drug-likeness (QED) is 0.101. The number of carbonyl (C=O) groups is 6. The van der Waals surface area contributed by atoms with Crippen LogP contribution in [0.3, 0.4) is 0 Å². The number of hydrogen-bond acceptors (Lipinski definition) is 16. The third-order valence-electron chi connectivity index (χ3n) is 13.7. The molecule has 2 saturated carbocycles. The van der Waals surface area contributed by atoms with Gasteiger partial charge in [0.2, 0.25) is 0 Å². The van der Waals surface area contributed by atoms with Crippen LogP contribution in [-0.2, 0) is 57.2 Å². The summed E-state index contributed by atoms with van der Waals surface area (Å²) in [4.78, 5) is 84.5. The zero-order chi connectivity index (χ0) is 48.1. The van der Waals surface area contributed by atoms with Crippen molar-refractivity contribution in [1.29, 1.82) is 0 Å². The van der Waals surface area contributed by atoms with Crippen LogP contribution >= 0.6 is 0 Å². The molecule has 1 aliphatic heterocycles. The molecular weight excluding hydrogens is 879 g/mol. The summed E-state index contributed by atoms with van der Waals surface area (Å²) in [6, 6.07) is 22.5. The molecule has 1 saturated heterocycles. The Bertz CT molecular complexity index is 2550. The maximum atomic E-state index is 15.9. The Kier molecular flexibility index (Phi) is 13.0. The SMILES string of the molecule is CC(=O)O[C@H]1C(=O)[C@@]2(C)C([C@H](OC(=O)c3ccccc3)[C@]3(O)C[C@H](OC(=O)[C@H](O)[C@@H](NC(=O)c4ccccc4)c4ccccc4)C(C)=C1C3(C)C)[C@]1(OC(C)=O)CO[C@@H]1C[C@@H]2OS(C)(=O)=O. The zero-order valence-corrected chi connectivity index (χ0v) is 38.2. The molecule has 3 aromatic carbocycles. The largest absolute Gasteiger partial charge is 0.456 e. The Morgan fingerprint density at radius 2 is 1.41 bits per heavy atom. The monoisotopic (exact) mass is 931 g/mol. The number of aliphatic hydroxyl groups is 2. The molecule has 0 spiro atoms. The van der Waals surface area contributed by atoms with Gasteiger partial charge in [0, 0.05) is 37.7 Å². The third-order valence-corrected chi connectivity index (χ3v) is 14.3. The fourth-order valence-electron chi connectivity index (χ4n) is 10.5. The van der Waals surface area contributed by atoms with Crippen LogP contribution in [-0.4, -0.2) is 115 Å². The Morgan fingerprint density at radius 1 is 0.833 bits per heavy atom. The highest BCUT2D eigenvalue weighted by Gasteiger charge is 2.79. The summed E-state index contributed by atoms with van der Waals surface area (Å²) in [5.41, 5.74) is -7.84. The lowest BCUT2D eigenvalue weighted by Gasteiger charge is -2.67. The Balaban J connectivity index is 1.43. The van der Waals surface area contributed by atoms with E-state index in [4.69, 9.17) is 27.9 Å². The van der Waals surface area contributed by atoms with Crippen LogP contribution in [0.25, 0.3) is 0 Å². The number of nitrogens with one attached hydrogen (secondary N) is 1. The predicted octanol–water partition coefficient (Wildman–Crippen LogP) is 3.72. The van der Waals surface area contributed by atoms with E-state index in [2.05, 4.69) is 5.32 Å². The maximum Gasteiger partial charge on any atom is 0.338 e. The van der Waals surface area contributed by atoms with E-state index >= 15 is 4.79 Å². The van der Waals surface area contributed by atoms with Crippen LogP contribution in [0.5, 0.6) is 0 Å². The zero-order valence-electron chi connectivity index (χ0n) is 37.4. The van der Waals surface area contributed by atoms with Crippen LogP contribution in [0, 0.1) is 16.7 Å². The molecule has 0 aromatic heterocycles. The van der Waals surface area contributed by atoms with E-state index in [9.17, 15) is 42.6 Å². The number of rotatable bonds is 12. The first-order chi connectivity index (χ1) is 31.0. The average Bonchev–Trinajstić information content (AvgIpc) is 3.26. The lowest BCUT2D eigenvalue weighted by molar-refractivity contribution is -0.343. The second kappa shape index (κ2) is 17.8. The van der Waals surface area contributed by atoms with E-state index in [1.807, 2.05) is 0 Å². The van der Waals surface area contributed by atoms with E-state index in [0.29, 0.717) is 5.56 Å². The number of hydrogen-bond donors (Lipinski definition) is 3. The lowest BCUT2D eigenvalue weighted by atomic mass is 9.44. The van der Waals surface area contributed by atoms with Gasteiger partial charge in [-0.05, 0) is 54.8 Å². The van der Waals surface area contributed by atoms with E-state index < -0.39 is 129 Å². The third kappa shape index (κ3) is 8.44. The van der Waals surface area contributed by atoms with Gasteiger partial charge in [-0.3, -0.25) is 23.4 Å².